The van der Waals surface area contributed by atoms with Crippen LogP contribution in [0.3, 0.4) is 0 Å². The largest absolute Gasteiger partial charge is 0.488 e. The van der Waals surface area contributed by atoms with Crippen LogP contribution in [-0.2, 0) is 11.2 Å². The summed E-state index contributed by atoms with van der Waals surface area (Å²) in [4.78, 5) is 13.4. The molecule has 23 heavy (non-hydrogen) atoms. The SMILES string of the molecule is CCOC(=O)c1sc(CC)c(C#N)c1-c1ccc(B(O)O)cc1. The van der Waals surface area contributed by atoms with Crippen LogP contribution in [0.25, 0.3) is 11.1 Å². The second kappa shape index (κ2) is 7.42. The Balaban J connectivity index is 2.61. The van der Waals surface area contributed by atoms with E-state index in [-0.39, 0.29) is 6.61 Å². The summed E-state index contributed by atoms with van der Waals surface area (Å²) in [6, 6.07) is 8.62. The third kappa shape index (κ3) is 3.45. The molecule has 2 N–H and O–H groups in total. The van der Waals surface area contributed by atoms with Gasteiger partial charge < -0.3 is 14.8 Å². The maximum Gasteiger partial charge on any atom is 0.488 e. The van der Waals surface area contributed by atoms with Gasteiger partial charge in [-0.1, -0.05) is 31.2 Å². The van der Waals surface area contributed by atoms with Crippen molar-refractivity contribution in [3.8, 4) is 17.2 Å². The summed E-state index contributed by atoms with van der Waals surface area (Å²) in [6.07, 6.45) is 0.646. The first kappa shape index (κ1) is 17.2. The lowest BCUT2D eigenvalue weighted by Gasteiger charge is -2.06. The van der Waals surface area contributed by atoms with Crippen molar-refractivity contribution in [1.82, 2.24) is 0 Å². The molecule has 0 unspecified atom stereocenters. The number of hydrogen-bond acceptors (Lipinski definition) is 6. The first-order valence-corrected chi connectivity index (χ1v) is 8.04. The van der Waals surface area contributed by atoms with E-state index in [0.29, 0.717) is 33.5 Å². The van der Waals surface area contributed by atoms with E-state index in [9.17, 15) is 20.1 Å². The zero-order chi connectivity index (χ0) is 17.0. The van der Waals surface area contributed by atoms with Gasteiger partial charge in [0.1, 0.15) is 10.9 Å². The molecular weight excluding hydrogens is 313 g/mol. The van der Waals surface area contributed by atoms with Gasteiger partial charge in [-0.05, 0) is 24.4 Å². The van der Waals surface area contributed by atoms with Crippen LogP contribution in [0, 0.1) is 11.3 Å². The molecule has 2 rings (SSSR count). The predicted molar refractivity (Wildman–Crippen MR) is 89.6 cm³/mol. The highest BCUT2D eigenvalue weighted by Gasteiger charge is 2.24. The molecule has 0 radical (unpaired) electrons. The van der Waals surface area contributed by atoms with Gasteiger partial charge >= 0.3 is 13.1 Å². The summed E-state index contributed by atoms with van der Waals surface area (Å²) in [5.41, 5.74) is 2.03. The van der Waals surface area contributed by atoms with Gasteiger partial charge in [0.25, 0.3) is 0 Å². The monoisotopic (exact) mass is 329 g/mol. The van der Waals surface area contributed by atoms with Crippen molar-refractivity contribution in [3.63, 3.8) is 0 Å². The van der Waals surface area contributed by atoms with Crippen molar-refractivity contribution in [3.05, 3.63) is 39.6 Å². The number of hydrogen-bond donors (Lipinski definition) is 2. The fourth-order valence-electron chi connectivity index (χ4n) is 2.28. The normalized spacial score (nSPS) is 10.2. The molecule has 2 aromatic rings. The van der Waals surface area contributed by atoms with Crippen molar-refractivity contribution >= 4 is 29.9 Å². The number of carbonyl (C=O) groups is 1. The van der Waals surface area contributed by atoms with E-state index in [4.69, 9.17) is 4.74 Å². The van der Waals surface area contributed by atoms with Gasteiger partial charge in [0.05, 0.1) is 12.2 Å². The van der Waals surface area contributed by atoms with Crippen molar-refractivity contribution < 1.29 is 19.6 Å². The number of benzene rings is 1. The van der Waals surface area contributed by atoms with Gasteiger partial charge in [-0.3, -0.25) is 0 Å². The molecule has 0 bridgehead atoms. The highest BCUT2D eigenvalue weighted by molar-refractivity contribution is 7.14. The van der Waals surface area contributed by atoms with E-state index in [0.717, 1.165) is 4.88 Å². The number of nitriles is 1. The minimum Gasteiger partial charge on any atom is -0.462 e. The van der Waals surface area contributed by atoms with Crippen LogP contribution in [0.15, 0.2) is 24.3 Å². The Morgan fingerprint density at radius 1 is 1.30 bits per heavy atom. The van der Waals surface area contributed by atoms with E-state index < -0.39 is 13.1 Å². The fourth-order valence-corrected chi connectivity index (χ4v) is 3.39. The van der Waals surface area contributed by atoms with E-state index in [1.807, 2.05) is 6.92 Å². The third-order valence-corrected chi connectivity index (χ3v) is 4.69. The molecule has 0 saturated carbocycles. The van der Waals surface area contributed by atoms with Gasteiger partial charge in [-0.15, -0.1) is 11.3 Å². The lowest BCUT2D eigenvalue weighted by Crippen LogP contribution is -2.29. The van der Waals surface area contributed by atoms with Crippen LogP contribution >= 0.6 is 11.3 Å². The van der Waals surface area contributed by atoms with Crippen molar-refractivity contribution in [1.29, 1.82) is 5.26 Å². The van der Waals surface area contributed by atoms with Crippen molar-refractivity contribution in [2.75, 3.05) is 6.61 Å². The number of aryl methyl sites for hydroxylation is 1. The molecule has 0 aliphatic carbocycles. The number of nitrogens with zero attached hydrogens (tertiary/aromatic N) is 1. The summed E-state index contributed by atoms with van der Waals surface area (Å²) >= 11 is 1.27. The minimum absolute atomic E-state index is 0.259. The zero-order valence-corrected chi connectivity index (χ0v) is 13.7. The Hall–Kier alpha value is -2.14. The van der Waals surface area contributed by atoms with Gasteiger partial charge in [0.15, 0.2) is 0 Å². The molecule has 0 aliphatic rings. The quantitative estimate of drug-likeness (QED) is 0.644. The first-order valence-electron chi connectivity index (χ1n) is 7.22. The lowest BCUT2D eigenvalue weighted by atomic mass is 9.79. The van der Waals surface area contributed by atoms with Crippen LogP contribution in [0.1, 0.15) is 34.0 Å². The van der Waals surface area contributed by atoms with Crippen LogP contribution in [-0.4, -0.2) is 29.7 Å². The van der Waals surface area contributed by atoms with Gasteiger partial charge in [-0.25, -0.2) is 4.79 Å². The average molecular weight is 329 g/mol. The maximum absolute atomic E-state index is 12.2. The fraction of sp³-hybridized carbons (Fsp3) is 0.250. The molecule has 1 aromatic carbocycles. The molecule has 118 valence electrons. The predicted octanol–water partition coefficient (Wildman–Crippen LogP) is 1.71. The molecule has 5 nitrogen and oxygen atoms in total. The average Bonchev–Trinajstić information content (AvgIpc) is 2.93. The van der Waals surface area contributed by atoms with Crippen LogP contribution in [0.4, 0.5) is 0 Å². The molecule has 1 heterocycles. The molecule has 0 fully saturated rings. The molecule has 1 aromatic heterocycles. The Labute approximate surface area is 138 Å². The highest BCUT2D eigenvalue weighted by atomic mass is 32.1. The van der Waals surface area contributed by atoms with Crippen LogP contribution in [0.2, 0.25) is 0 Å². The number of esters is 1. The Morgan fingerprint density at radius 2 is 1.96 bits per heavy atom. The third-order valence-electron chi connectivity index (χ3n) is 3.37. The minimum atomic E-state index is -1.56. The standard InChI is InChI=1S/C16H16BNO4S/c1-3-13-12(9-18)14(15(23-13)16(19)22-4-2)10-5-7-11(8-6-10)17(20)21/h5-8,20-21H,3-4H2,1-2H3. The van der Waals surface area contributed by atoms with Gasteiger partial charge in [-0.2, -0.15) is 5.26 Å². The smallest absolute Gasteiger partial charge is 0.462 e. The van der Waals surface area contributed by atoms with Crippen molar-refractivity contribution in [2.45, 2.75) is 20.3 Å². The summed E-state index contributed by atoms with van der Waals surface area (Å²) < 4.78 is 5.09. The Bertz CT molecular complexity index is 747. The van der Waals surface area contributed by atoms with E-state index in [1.165, 1.54) is 11.3 Å². The topological polar surface area (TPSA) is 90.6 Å². The first-order chi connectivity index (χ1) is 11.0. The zero-order valence-electron chi connectivity index (χ0n) is 12.9. The van der Waals surface area contributed by atoms with Crippen molar-refractivity contribution in [2.24, 2.45) is 0 Å². The molecule has 7 heteroatoms. The number of thiophene rings is 1. The molecule has 0 spiro atoms. The van der Waals surface area contributed by atoms with Gasteiger partial charge in [0.2, 0.25) is 0 Å². The lowest BCUT2D eigenvalue weighted by molar-refractivity contribution is 0.0533. The summed E-state index contributed by atoms with van der Waals surface area (Å²) in [7, 11) is -1.56. The second-order valence-electron chi connectivity index (χ2n) is 4.79. The highest BCUT2D eigenvalue weighted by Crippen LogP contribution is 2.37. The maximum atomic E-state index is 12.2. The summed E-state index contributed by atoms with van der Waals surface area (Å²) in [6.45, 7) is 3.92. The number of ether oxygens (including phenoxy) is 1. The van der Waals surface area contributed by atoms with E-state index >= 15 is 0 Å². The van der Waals surface area contributed by atoms with E-state index in [2.05, 4.69) is 6.07 Å². The Morgan fingerprint density at radius 3 is 2.43 bits per heavy atom. The van der Waals surface area contributed by atoms with E-state index in [1.54, 1.807) is 31.2 Å². The molecule has 0 atom stereocenters. The molecule has 0 aliphatic heterocycles. The molecule has 0 amide bonds. The summed E-state index contributed by atoms with van der Waals surface area (Å²) in [5, 5.41) is 27.8. The van der Waals surface area contributed by atoms with Crippen LogP contribution in [0.5, 0.6) is 0 Å². The van der Waals surface area contributed by atoms with Gasteiger partial charge in [0, 0.05) is 10.4 Å². The Kier molecular flexibility index (Phi) is 5.56. The molecule has 0 saturated heterocycles. The van der Waals surface area contributed by atoms with Crippen LogP contribution < -0.4 is 5.46 Å². The summed E-state index contributed by atoms with van der Waals surface area (Å²) in [5.74, 6) is -0.449. The second-order valence-corrected chi connectivity index (χ2v) is 5.89. The number of carbonyl (C=O) groups excluding carboxylic acids is 1. The number of rotatable bonds is 5. The molecular formula is C16H16BNO4S.